The second-order valence-corrected chi connectivity index (χ2v) is 4.45. The van der Waals surface area contributed by atoms with Crippen molar-refractivity contribution < 1.29 is 0 Å². The average Bonchev–Trinajstić information content (AvgIpc) is 2.93. The summed E-state index contributed by atoms with van der Waals surface area (Å²) in [5, 5.41) is 6.15. The molecule has 0 saturated carbocycles. The summed E-state index contributed by atoms with van der Waals surface area (Å²) in [6.07, 6.45) is 2.64. The van der Waals surface area contributed by atoms with Gasteiger partial charge in [0.05, 0.1) is 11.7 Å². The standard InChI is InChI=1S/C11H11N5S/c1-2-10-14-11(17-15-10)16-9-5-8(12)4-3-7(9)6-13-16/h3-6H,2,12H2,1H3. The van der Waals surface area contributed by atoms with Crippen molar-refractivity contribution in [1.82, 2.24) is 19.1 Å². The zero-order valence-electron chi connectivity index (χ0n) is 9.29. The Morgan fingerprint density at radius 2 is 2.29 bits per heavy atom. The Hall–Kier alpha value is -1.95. The molecular formula is C11H11N5S. The zero-order chi connectivity index (χ0) is 11.8. The van der Waals surface area contributed by atoms with E-state index < -0.39 is 0 Å². The molecule has 17 heavy (non-hydrogen) atoms. The van der Waals surface area contributed by atoms with Gasteiger partial charge in [-0.05, 0) is 18.2 Å². The van der Waals surface area contributed by atoms with Crippen molar-refractivity contribution in [3.63, 3.8) is 0 Å². The Balaban J connectivity index is 2.19. The second-order valence-electron chi connectivity index (χ2n) is 3.72. The highest BCUT2D eigenvalue weighted by molar-refractivity contribution is 7.08. The topological polar surface area (TPSA) is 69.6 Å². The first-order valence-electron chi connectivity index (χ1n) is 5.34. The van der Waals surface area contributed by atoms with E-state index in [2.05, 4.69) is 14.5 Å². The van der Waals surface area contributed by atoms with Crippen LogP contribution < -0.4 is 5.73 Å². The summed E-state index contributed by atoms with van der Waals surface area (Å²) in [6, 6.07) is 5.72. The molecule has 0 fully saturated rings. The highest BCUT2D eigenvalue weighted by Gasteiger charge is 2.09. The number of nitrogens with two attached hydrogens (primary N) is 1. The first-order chi connectivity index (χ1) is 8.28. The number of fused-ring (bicyclic) bond motifs is 1. The van der Waals surface area contributed by atoms with Gasteiger partial charge in [-0.25, -0.2) is 9.67 Å². The molecule has 2 aromatic heterocycles. The maximum Gasteiger partial charge on any atom is 0.230 e. The fourth-order valence-electron chi connectivity index (χ4n) is 1.66. The Morgan fingerprint density at radius 3 is 3.06 bits per heavy atom. The summed E-state index contributed by atoms with van der Waals surface area (Å²) in [6.45, 7) is 2.03. The summed E-state index contributed by atoms with van der Waals surface area (Å²) in [4.78, 5) is 4.42. The van der Waals surface area contributed by atoms with Crippen molar-refractivity contribution in [2.24, 2.45) is 0 Å². The molecule has 0 bridgehead atoms. The van der Waals surface area contributed by atoms with Crippen LogP contribution in [0.15, 0.2) is 24.4 Å². The Morgan fingerprint density at radius 1 is 1.41 bits per heavy atom. The van der Waals surface area contributed by atoms with Gasteiger partial charge in [-0.3, -0.25) is 0 Å². The van der Waals surface area contributed by atoms with Gasteiger partial charge in [0.25, 0.3) is 0 Å². The van der Waals surface area contributed by atoms with Gasteiger partial charge in [-0.15, -0.1) is 0 Å². The average molecular weight is 245 g/mol. The zero-order valence-corrected chi connectivity index (χ0v) is 10.1. The SMILES string of the molecule is CCc1nsc(-n2ncc3ccc(N)cc32)n1. The number of nitrogen functional groups attached to an aromatic ring is 1. The number of anilines is 1. The molecule has 3 rings (SSSR count). The quantitative estimate of drug-likeness (QED) is 0.701. The van der Waals surface area contributed by atoms with Gasteiger partial charge in [0.2, 0.25) is 5.13 Å². The molecule has 0 saturated heterocycles. The summed E-state index contributed by atoms with van der Waals surface area (Å²) in [7, 11) is 0. The Bertz CT molecular complexity index is 669. The predicted molar refractivity (Wildman–Crippen MR) is 68.3 cm³/mol. The van der Waals surface area contributed by atoms with Crippen molar-refractivity contribution in [2.45, 2.75) is 13.3 Å². The number of rotatable bonds is 2. The second kappa shape index (κ2) is 3.81. The third-order valence-electron chi connectivity index (χ3n) is 2.55. The van der Waals surface area contributed by atoms with E-state index in [0.717, 1.165) is 34.0 Å². The number of aromatic nitrogens is 4. The minimum Gasteiger partial charge on any atom is -0.399 e. The largest absolute Gasteiger partial charge is 0.399 e. The third kappa shape index (κ3) is 1.66. The van der Waals surface area contributed by atoms with Crippen molar-refractivity contribution in [1.29, 1.82) is 0 Å². The summed E-state index contributed by atoms with van der Waals surface area (Å²) in [5.41, 5.74) is 7.47. The van der Waals surface area contributed by atoms with Crippen LogP contribution in [0, 0.1) is 0 Å². The van der Waals surface area contributed by atoms with Crippen LogP contribution in [0.4, 0.5) is 5.69 Å². The van der Waals surface area contributed by atoms with Crippen LogP contribution in [0.1, 0.15) is 12.7 Å². The lowest BCUT2D eigenvalue weighted by atomic mass is 10.2. The van der Waals surface area contributed by atoms with Gasteiger partial charge in [-0.2, -0.15) is 9.47 Å². The van der Waals surface area contributed by atoms with E-state index in [9.17, 15) is 0 Å². The number of hydrogen-bond acceptors (Lipinski definition) is 5. The molecule has 0 aliphatic rings. The molecule has 86 valence electrons. The molecular weight excluding hydrogens is 234 g/mol. The van der Waals surface area contributed by atoms with E-state index in [4.69, 9.17) is 5.73 Å². The maximum absolute atomic E-state index is 5.79. The van der Waals surface area contributed by atoms with Gasteiger partial charge < -0.3 is 5.73 Å². The van der Waals surface area contributed by atoms with Crippen LogP contribution in [0.5, 0.6) is 0 Å². The smallest absolute Gasteiger partial charge is 0.230 e. The van der Waals surface area contributed by atoms with E-state index in [-0.39, 0.29) is 0 Å². The lowest BCUT2D eigenvalue weighted by Gasteiger charge is -1.98. The molecule has 3 aromatic rings. The number of benzene rings is 1. The molecule has 6 heteroatoms. The van der Waals surface area contributed by atoms with Crippen LogP contribution in [-0.2, 0) is 6.42 Å². The molecule has 0 atom stereocenters. The fourth-order valence-corrected chi connectivity index (χ4v) is 2.39. The van der Waals surface area contributed by atoms with Gasteiger partial charge in [0.15, 0.2) is 0 Å². The Labute approximate surface area is 102 Å². The molecule has 0 unspecified atom stereocenters. The third-order valence-corrected chi connectivity index (χ3v) is 3.28. The van der Waals surface area contributed by atoms with Gasteiger partial charge in [0.1, 0.15) is 5.82 Å². The molecule has 0 aliphatic heterocycles. The minimum absolute atomic E-state index is 0.722. The normalized spacial score (nSPS) is 11.1. The van der Waals surface area contributed by atoms with Crippen LogP contribution in [0.3, 0.4) is 0 Å². The maximum atomic E-state index is 5.79. The molecule has 0 amide bonds. The first-order valence-corrected chi connectivity index (χ1v) is 6.11. The molecule has 0 aliphatic carbocycles. The Kier molecular flexibility index (Phi) is 2.29. The molecule has 0 radical (unpaired) electrons. The van der Waals surface area contributed by atoms with E-state index >= 15 is 0 Å². The van der Waals surface area contributed by atoms with Crippen molar-refractivity contribution >= 4 is 28.1 Å². The van der Waals surface area contributed by atoms with Crippen LogP contribution in [0.2, 0.25) is 0 Å². The fraction of sp³-hybridized carbons (Fsp3) is 0.182. The van der Waals surface area contributed by atoms with E-state index in [1.807, 2.05) is 31.3 Å². The summed E-state index contributed by atoms with van der Waals surface area (Å²) in [5.74, 6) is 0.845. The predicted octanol–water partition coefficient (Wildman–Crippen LogP) is 2.02. The van der Waals surface area contributed by atoms with Gasteiger partial charge in [-0.1, -0.05) is 6.92 Å². The molecule has 0 spiro atoms. The highest BCUT2D eigenvalue weighted by atomic mass is 32.1. The number of nitrogens with zero attached hydrogens (tertiary/aromatic N) is 4. The monoisotopic (exact) mass is 245 g/mol. The molecule has 1 aromatic carbocycles. The molecule has 5 nitrogen and oxygen atoms in total. The molecule has 2 heterocycles. The number of aryl methyl sites for hydroxylation is 1. The van der Waals surface area contributed by atoms with E-state index in [1.165, 1.54) is 11.5 Å². The summed E-state index contributed by atoms with van der Waals surface area (Å²) >= 11 is 1.35. The van der Waals surface area contributed by atoms with Crippen molar-refractivity contribution in [3.05, 3.63) is 30.2 Å². The minimum atomic E-state index is 0.722. The van der Waals surface area contributed by atoms with Crippen LogP contribution >= 0.6 is 11.5 Å². The number of hydrogen-bond donors (Lipinski definition) is 1. The van der Waals surface area contributed by atoms with Gasteiger partial charge in [0, 0.05) is 29.0 Å². The van der Waals surface area contributed by atoms with Crippen molar-refractivity contribution in [3.8, 4) is 5.13 Å². The van der Waals surface area contributed by atoms with Crippen molar-refractivity contribution in [2.75, 3.05) is 5.73 Å². The van der Waals surface area contributed by atoms with Crippen LogP contribution in [0.25, 0.3) is 16.0 Å². The van der Waals surface area contributed by atoms with Crippen LogP contribution in [-0.4, -0.2) is 19.1 Å². The highest BCUT2D eigenvalue weighted by Crippen LogP contribution is 2.21. The summed E-state index contributed by atoms with van der Waals surface area (Å²) < 4.78 is 6.04. The lowest BCUT2D eigenvalue weighted by molar-refractivity contribution is 0.879. The van der Waals surface area contributed by atoms with E-state index in [1.54, 1.807) is 4.68 Å². The van der Waals surface area contributed by atoms with Gasteiger partial charge >= 0.3 is 0 Å². The lowest BCUT2D eigenvalue weighted by Crippen LogP contribution is -1.96. The first kappa shape index (κ1) is 10.2. The molecule has 2 N–H and O–H groups in total. The van der Waals surface area contributed by atoms with E-state index in [0.29, 0.717) is 0 Å².